The molecule has 0 aliphatic rings. The minimum Gasteiger partial charge on any atom is -0.307 e. The molecular formula is C9H11N3O. The predicted octanol–water partition coefficient (Wildman–Crippen LogP) is 1.29. The van der Waals surface area contributed by atoms with Crippen molar-refractivity contribution < 1.29 is 4.84 Å². The Balaban J connectivity index is 2.49. The normalized spacial score (nSPS) is 13.4. The molecule has 0 spiro atoms. The number of imidazole rings is 1. The van der Waals surface area contributed by atoms with Crippen LogP contribution in [0.1, 0.15) is 18.7 Å². The third kappa shape index (κ3) is 1.41. The van der Waals surface area contributed by atoms with Gasteiger partial charge in [0.05, 0.1) is 5.69 Å². The van der Waals surface area contributed by atoms with Gasteiger partial charge in [-0.1, -0.05) is 6.07 Å². The Labute approximate surface area is 75.9 Å². The van der Waals surface area contributed by atoms with E-state index in [1.54, 1.807) is 0 Å². The number of hydrogen-bond donors (Lipinski definition) is 1. The van der Waals surface area contributed by atoms with Crippen LogP contribution < -0.4 is 5.90 Å². The fraction of sp³-hybridized carbons (Fsp3) is 0.222. The summed E-state index contributed by atoms with van der Waals surface area (Å²) in [6.07, 6.45) is 3.68. The molecule has 0 radical (unpaired) electrons. The Hall–Kier alpha value is -1.39. The average molecular weight is 177 g/mol. The predicted molar refractivity (Wildman–Crippen MR) is 48.9 cm³/mol. The minimum absolute atomic E-state index is 0.167. The Morgan fingerprint density at radius 3 is 3.08 bits per heavy atom. The van der Waals surface area contributed by atoms with Gasteiger partial charge in [-0.15, -0.1) is 0 Å². The Kier molecular flexibility index (Phi) is 2.00. The van der Waals surface area contributed by atoms with E-state index < -0.39 is 0 Å². The average Bonchev–Trinajstić information content (AvgIpc) is 2.59. The molecule has 4 nitrogen and oxygen atoms in total. The Morgan fingerprint density at radius 2 is 2.38 bits per heavy atom. The van der Waals surface area contributed by atoms with Crippen LogP contribution in [-0.4, -0.2) is 9.38 Å². The molecule has 0 aliphatic heterocycles. The van der Waals surface area contributed by atoms with Crippen LogP contribution in [0, 0.1) is 0 Å². The quantitative estimate of drug-likeness (QED) is 0.703. The van der Waals surface area contributed by atoms with E-state index in [4.69, 9.17) is 5.90 Å². The van der Waals surface area contributed by atoms with E-state index >= 15 is 0 Å². The van der Waals surface area contributed by atoms with Crippen molar-refractivity contribution in [3.8, 4) is 0 Å². The molecule has 2 heterocycles. The molecule has 2 N–H and O–H groups in total. The van der Waals surface area contributed by atoms with Crippen molar-refractivity contribution in [2.75, 3.05) is 0 Å². The highest BCUT2D eigenvalue weighted by atomic mass is 16.6. The van der Waals surface area contributed by atoms with E-state index in [1.165, 1.54) is 0 Å². The Bertz CT molecular complexity index is 377. The first-order chi connectivity index (χ1) is 6.31. The lowest BCUT2D eigenvalue weighted by Gasteiger charge is -2.02. The number of nitrogens with zero attached hydrogens (tertiary/aromatic N) is 2. The molecule has 1 atom stereocenters. The van der Waals surface area contributed by atoms with Crippen LogP contribution in [0.4, 0.5) is 0 Å². The molecule has 0 amide bonds. The van der Waals surface area contributed by atoms with E-state index in [0.29, 0.717) is 0 Å². The molecule has 0 aromatic carbocycles. The van der Waals surface area contributed by atoms with Crippen LogP contribution in [0.5, 0.6) is 0 Å². The fourth-order valence-electron chi connectivity index (χ4n) is 1.22. The summed E-state index contributed by atoms with van der Waals surface area (Å²) in [7, 11) is 0. The topological polar surface area (TPSA) is 52.5 Å². The highest BCUT2D eigenvalue weighted by Crippen LogP contribution is 2.14. The van der Waals surface area contributed by atoms with Crippen LogP contribution >= 0.6 is 0 Å². The first-order valence-corrected chi connectivity index (χ1v) is 4.10. The van der Waals surface area contributed by atoms with Crippen molar-refractivity contribution in [1.29, 1.82) is 0 Å². The zero-order chi connectivity index (χ0) is 9.26. The van der Waals surface area contributed by atoms with Crippen LogP contribution in [0.3, 0.4) is 0 Å². The summed E-state index contributed by atoms with van der Waals surface area (Å²) in [6, 6.07) is 5.83. The van der Waals surface area contributed by atoms with Gasteiger partial charge in [-0.3, -0.25) is 4.84 Å². The second-order valence-electron chi connectivity index (χ2n) is 2.91. The van der Waals surface area contributed by atoms with Gasteiger partial charge in [0.25, 0.3) is 0 Å². The number of hydrogen-bond acceptors (Lipinski definition) is 3. The zero-order valence-electron chi connectivity index (χ0n) is 7.34. The molecule has 0 saturated carbocycles. The van der Waals surface area contributed by atoms with Crippen LogP contribution in [0.25, 0.3) is 5.65 Å². The van der Waals surface area contributed by atoms with Gasteiger partial charge in [-0.25, -0.2) is 10.9 Å². The lowest BCUT2D eigenvalue weighted by molar-refractivity contribution is 0.0638. The number of pyridine rings is 1. The summed E-state index contributed by atoms with van der Waals surface area (Å²) in [6.45, 7) is 1.86. The van der Waals surface area contributed by atoms with Crippen molar-refractivity contribution in [2.24, 2.45) is 5.90 Å². The number of fused-ring (bicyclic) bond motifs is 1. The monoisotopic (exact) mass is 177 g/mol. The van der Waals surface area contributed by atoms with Crippen molar-refractivity contribution in [3.63, 3.8) is 0 Å². The summed E-state index contributed by atoms with van der Waals surface area (Å²) in [5.74, 6) is 5.08. The van der Waals surface area contributed by atoms with E-state index in [-0.39, 0.29) is 6.10 Å². The molecule has 0 fully saturated rings. The SMILES string of the molecule is CC(ON)c1cn2ccccc2n1. The highest BCUT2D eigenvalue weighted by molar-refractivity contribution is 5.39. The van der Waals surface area contributed by atoms with Crippen LogP contribution in [0.15, 0.2) is 30.6 Å². The van der Waals surface area contributed by atoms with Gasteiger partial charge in [0, 0.05) is 12.4 Å². The van der Waals surface area contributed by atoms with E-state index in [9.17, 15) is 0 Å². The maximum atomic E-state index is 5.08. The molecular weight excluding hydrogens is 166 g/mol. The number of nitrogens with two attached hydrogens (primary N) is 1. The molecule has 13 heavy (non-hydrogen) atoms. The maximum Gasteiger partial charge on any atom is 0.137 e. The van der Waals surface area contributed by atoms with Gasteiger partial charge in [0.1, 0.15) is 11.8 Å². The number of aromatic nitrogens is 2. The van der Waals surface area contributed by atoms with E-state index in [2.05, 4.69) is 9.82 Å². The standard InChI is InChI=1S/C9H11N3O/c1-7(13-10)8-6-12-5-3-2-4-9(12)11-8/h2-7H,10H2,1H3. The molecule has 68 valence electrons. The first-order valence-electron chi connectivity index (χ1n) is 4.10. The van der Waals surface area contributed by atoms with Gasteiger partial charge < -0.3 is 4.40 Å². The second-order valence-corrected chi connectivity index (χ2v) is 2.91. The first kappa shape index (κ1) is 8.22. The van der Waals surface area contributed by atoms with Crippen molar-refractivity contribution in [2.45, 2.75) is 13.0 Å². The Morgan fingerprint density at radius 1 is 1.54 bits per heavy atom. The third-order valence-electron chi connectivity index (χ3n) is 2.00. The van der Waals surface area contributed by atoms with Crippen molar-refractivity contribution >= 4 is 5.65 Å². The summed E-state index contributed by atoms with van der Waals surface area (Å²) < 4.78 is 1.94. The molecule has 0 aliphatic carbocycles. The van der Waals surface area contributed by atoms with Crippen molar-refractivity contribution in [1.82, 2.24) is 9.38 Å². The summed E-state index contributed by atoms with van der Waals surface area (Å²) in [5.41, 5.74) is 1.75. The zero-order valence-corrected chi connectivity index (χ0v) is 7.34. The largest absolute Gasteiger partial charge is 0.307 e. The van der Waals surface area contributed by atoms with Gasteiger partial charge in [-0.2, -0.15) is 0 Å². The maximum absolute atomic E-state index is 5.08. The lowest BCUT2D eigenvalue weighted by atomic mass is 10.3. The van der Waals surface area contributed by atoms with E-state index in [0.717, 1.165) is 11.3 Å². The minimum atomic E-state index is -0.167. The molecule has 0 saturated heterocycles. The van der Waals surface area contributed by atoms with E-state index in [1.807, 2.05) is 41.9 Å². The molecule has 4 heteroatoms. The third-order valence-corrected chi connectivity index (χ3v) is 2.00. The van der Waals surface area contributed by atoms with Gasteiger partial charge in [0.2, 0.25) is 0 Å². The smallest absolute Gasteiger partial charge is 0.137 e. The second kappa shape index (κ2) is 3.16. The molecule has 0 bridgehead atoms. The molecule has 2 rings (SSSR count). The summed E-state index contributed by atoms with van der Waals surface area (Å²) >= 11 is 0. The molecule has 2 aromatic heterocycles. The summed E-state index contributed by atoms with van der Waals surface area (Å²) in [4.78, 5) is 9.03. The summed E-state index contributed by atoms with van der Waals surface area (Å²) in [5, 5.41) is 0. The molecule has 2 aromatic rings. The van der Waals surface area contributed by atoms with Crippen LogP contribution in [0.2, 0.25) is 0 Å². The van der Waals surface area contributed by atoms with Gasteiger partial charge >= 0.3 is 0 Å². The van der Waals surface area contributed by atoms with Crippen LogP contribution in [-0.2, 0) is 4.84 Å². The van der Waals surface area contributed by atoms with Gasteiger partial charge in [0.15, 0.2) is 0 Å². The molecule has 1 unspecified atom stereocenters. The number of rotatable bonds is 2. The van der Waals surface area contributed by atoms with Gasteiger partial charge in [-0.05, 0) is 19.1 Å². The van der Waals surface area contributed by atoms with Crippen molar-refractivity contribution in [3.05, 3.63) is 36.3 Å². The lowest BCUT2D eigenvalue weighted by Crippen LogP contribution is -2.05. The fourth-order valence-corrected chi connectivity index (χ4v) is 1.22. The highest BCUT2D eigenvalue weighted by Gasteiger charge is 2.08.